The standard InChI is InChI=1S/C16H20ClNO3/c1-2-11-7-8-18(14(9-11)16(20)21)15(19)10-12-5-3-4-6-13(12)17/h3-6,11,14H,2,7-10H2,1H3,(H,20,21). The number of rotatable bonds is 4. The second kappa shape index (κ2) is 6.94. The average Bonchev–Trinajstić information content (AvgIpc) is 2.48. The van der Waals surface area contributed by atoms with E-state index >= 15 is 0 Å². The Balaban J connectivity index is 2.10. The van der Waals surface area contributed by atoms with Crippen LogP contribution in [0.25, 0.3) is 0 Å². The van der Waals surface area contributed by atoms with E-state index in [9.17, 15) is 14.7 Å². The first-order chi connectivity index (χ1) is 10.0. The first-order valence-corrected chi connectivity index (χ1v) is 7.66. The molecule has 5 heteroatoms. The molecule has 1 amide bonds. The van der Waals surface area contributed by atoms with E-state index < -0.39 is 12.0 Å². The maximum Gasteiger partial charge on any atom is 0.326 e. The average molecular weight is 310 g/mol. The molecule has 114 valence electrons. The summed E-state index contributed by atoms with van der Waals surface area (Å²) >= 11 is 6.06. The number of aliphatic carboxylic acids is 1. The molecule has 0 spiro atoms. The molecule has 1 aromatic rings. The van der Waals surface area contributed by atoms with Crippen LogP contribution >= 0.6 is 11.6 Å². The van der Waals surface area contributed by atoms with Crippen LogP contribution in [0, 0.1) is 5.92 Å². The maximum absolute atomic E-state index is 12.4. The SMILES string of the molecule is CCC1CCN(C(=O)Cc2ccccc2Cl)C(C(=O)O)C1. The zero-order valence-corrected chi connectivity index (χ0v) is 12.8. The predicted molar refractivity (Wildman–Crippen MR) is 81.3 cm³/mol. The summed E-state index contributed by atoms with van der Waals surface area (Å²) in [5.41, 5.74) is 0.742. The van der Waals surface area contributed by atoms with E-state index in [0.717, 1.165) is 18.4 Å². The first kappa shape index (κ1) is 15.8. The maximum atomic E-state index is 12.4. The minimum atomic E-state index is -0.916. The number of carboxylic acid groups (broad SMARTS) is 1. The van der Waals surface area contributed by atoms with Gasteiger partial charge in [0.05, 0.1) is 6.42 Å². The minimum absolute atomic E-state index is 0.153. The molecule has 1 aliphatic rings. The lowest BCUT2D eigenvalue weighted by molar-refractivity contribution is -0.152. The van der Waals surface area contributed by atoms with E-state index in [1.54, 1.807) is 12.1 Å². The van der Waals surface area contributed by atoms with Crippen LogP contribution in [-0.2, 0) is 16.0 Å². The number of likely N-dealkylation sites (tertiary alicyclic amines) is 1. The van der Waals surface area contributed by atoms with Gasteiger partial charge in [-0.15, -0.1) is 0 Å². The van der Waals surface area contributed by atoms with Gasteiger partial charge < -0.3 is 10.0 Å². The summed E-state index contributed by atoms with van der Waals surface area (Å²) in [4.78, 5) is 25.4. The molecule has 1 saturated heterocycles. The van der Waals surface area contributed by atoms with E-state index in [0.29, 0.717) is 23.9 Å². The quantitative estimate of drug-likeness (QED) is 0.930. The number of nitrogens with zero attached hydrogens (tertiary/aromatic N) is 1. The molecule has 4 nitrogen and oxygen atoms in total. The Hall–Kier alpha value is -1.55. The van der Waals surface area contributed by atoms with Crippen molar-refractivity contribution in [1.82, 2.24) is 4.90 Å². The molecule has 21 heavy (non-hydrogen) atoms. The van der Waals surface area contributed by atoms with Crippen LogP contribution in [-0.4, -0.2) is 34.5 Å². The third-order valence-corrected chi connectivity index (χ3v) is 4.56. The Kier molecular flexibility index (Phi) is 5.23. The van der Waals surface area contributed by atoms with Gasteiger partial charge in [0.25, 0.3) is 0 Å². The van der Waals surface area contributed by atoms with Gasteiger partial charge in [-0.3, -0.25) is 4.79 Å². The van der Waals surface area contributed by atoms with Gasteiger partial charge >= 0.3 is 5.97 Å². The number of carbonyl (C=O) groups excluding carboxylic acids is 1. The number of halogens is 1. The molecule has 0 aromatic heterocycles. The molecule has 1 N–H and O–H groups in total. The van der Waals surface area contributed by atoms with Crippen LogP contribution in [0.3, 0.4) is 0 Å². The zero-order chi connectivity index (χ0) is 15.4. The Morgan fingerprint density at radius 2 is 2.10 bits per heavy atom. The Morgan fingerprint density at radius 3 is 2.71 bits per heavy atom. The van der Waals surface area contributed by atoms with Crippen molar-refractivity contribution in [2.75, 3.05) is 6.54 Å². The van der Waals surface area contributed by atoms with Crippen molar-refractivity contribution in [3.8, 4) is 0 Å². The summed E-state index contributed by atoms with van der Waals surface area (Å²) in [6.45, 7) is 2.57. The van der Waals surface area contributed by atoms with Gasteiger partial charge in [-0.1, -0.05) is 43.1 Å². The predicted octanol–water partition coefficient (Wildman–Crippen LogP) is 2.98. The van der Waals surface area contributed by atoms with Crippen LogP contribution in [0.15, 0.2) is 24.3 Å². The summed E-state index contributed by atoms with van der Waals surface area (Å²) in [5, 5.41) is 9.91. The van der Waals surface area contributed by atoms with Crippen molar-refractivity contribution >= 4 is 23.5 Å². The fourth-order valence-corrected chi connectivity index (χ4v) is 3.05. The highest BCUT2D eigenvalue weighted by Gasteiger charge is 2.35. The lowest BCUT2D eigenvalue weighted by Crippen LogP contribution is -2.50. The minimum Gasteiger partial charge on any atom is -0.480 e. The number of hydrogen-bond donors (Lipinski definition) is 1. The number of amides is 1. The first-order valence-electron chi connectivity index (χ1n) is 7.28. The number of piperidine rings is 1. The Labute approximate surface area is 129 Å². The topological polar surface area (TPSA) is 57.6 Å². The van der Waals surface area contributed by atoms with Crippen LogP contribution in [0.5, 0.6) is 0 Å². The van der Waals surface area contributed by atoms with Gasteiger partial charge in [0, 0.05) is 11.6 Å². The normalized spacial score (nSPS) is 22.1. The van der Waals surface area contributed by atoms with Gasteiger partial charge in [0.2, 0.25) is 5.91 Å². The Bertz CT molecular complexity index is 532. The molecular formula is C16H20ClNO3. The third-order valence-electron chi connectivity index (χ3n) is 4.19. The highest BCUT2D eigenvalue weighted by Crippen LogP contribution is 2.27. The van der Waals surface area contributed by atoms with Gasteiger partial charge in [0.1, 0.15) is 6.04 Å². The van der Waals surface area contributed by atoms with E-state index in [4.69, 9.17) is 11.6 Å². The number of hydrogen-bond acceptors (Lipinski definition) is 2. The molecule has 2 atom stereocenters. The van der Waals surface area contributed by atoms with Crippen LogP contribution in [0.4, 0.5) is 0 Å². The molecule has 2 unspecified atom stereocenters. The van der Waals surface area contributed by atoms with Crippen LogP contribution < -0.4 is 0 Å². The number of benzene rings is 1. The third kappa shape index (κ3) is 3.76. The van der Waals surface area contributed by atoms with Crippen molar-refractivity contribution in [3.63, 3.8) is 0 Å². The van der Waals surface area contributed by atoms with Crippen LogP contribution in [0.2, 0.25) is 5.02 Å². The van der Waals surface area contributed by atoms with Gasteiger partial charge in [0.15, 0.2) is 0 Å². The molecule has 2 rings (SSSR count). The van der Waals surface area contributed by atoms with E-state index in [1.165, 1.54) is 4.90 Å². The summed E-state index contributed by atoms with van der Waals surface area (Å²) in [5.74, 6) is -0.693. The highest BCUT2D eigenvalue weighted by molar-refractivity contribution is 6.31. The summed E-state index contributed by atoms with van der Waals surface area (Å²) in [6.07, 6.45) is 2.52. The zero-order valence-electron chi connectivity index (χ0n) is 12.1. The monoisotopic (exact) mass is 309 g/mol. The molecule has 0 bridgehead atoms. The summed E-state index contributed by atoms with van der Waals surface area (Å²) in [7, 11) is 0. The molecule has 0 aliphatic carbocycles. The second-order valence-electron chi connectivity index (χ2n) is 5.51. The van der Waals surface area contributed by atoms with Crippen molar-refractivity contribution in [1.29, 1.82) is 0 Å². The van der Waals surface area contributed by atoms with E-state index in [1.807, 2.05) is 12.1 Å². The van der Waals surface area contributed by atoms with Crippen molar-refractivity contribution in [3.05, 3.63) is 34.9 Å². The number of carboxylic acids is 1. The molecule has 1 aromatic carbocycles. The van der Waals surface area contributed by atoms with Gasteiger partial charge in [-0.2, -0.15) is 0 Å². The molecule has 1 fully saturated rings. The van der Waals surface area contributed by atoms with Crippen molar-refractivity contribution in [2.24, 2.45) is 5.92 Å². The van der Waals surface area contributed by atoms with Gasteiger partial charge in [-0.25, -0.2) is 4.79 Å². The van der Waals surface area contributed by atoms with Gasteiger partial charge in [-0.05, 0) is 30.4 Å². The number of carbonyl (C=O) groups is 2. The molecule has 0 saturated carbocycles. The summed E-state index contributed by atoms with van der Waals surface area (Å²) in [6, 6.07) is 6.46. The second-order valence-corrected chi connectivity index (χ2v) is 5.92. The van der Waals surface area contributed by atoms with Crippen molar-refractivity contribution < 1.29 is 14.7 Å². The smallest absolute Gasteiger partial charge is 0.326 e. The van der Waals surface area contributed by atoms with E-state index in [-0.39, 0.29) is 12.3 Å². The summed E-state index contributed by atoms with van der Waals surface area (Å²) < 4.78 is 0. The molecule has 0 radical (unpaired) electrons. The fourth-order valence-electron chi connectivity index (χ4n) is 2.85. The van der Waals surface area contributed by atoms with E-state index in [2.05, 4.69) is 6.92 Å². The largest absolute Gasteiger partial charge is 0.480 e. The lowest BCUT2D eigenvalue weighted by Gasteiger charge is -2.37. The highest BCUT2D eigenvalue weighted by atomic mass is 35.5. The molecule has 1 aliphatic heterocycles. The Morgan fingerprint density at radius 1 is 1.38 bits per heavy atom. The van der Waals surface area contributed by atoms with Crippen molar-refractivity contribution in [2.45, 2.75) is 38.6 Å². The molecule has 1 heterocycles. The molecular weight excluding hydrogens is 290 g/mol. The fraction of sp³-hybridized carbons (Fsp3) is 0.500. The van der Waals surface area contributed by atoms with Crippen LogP contribution in [0.1, 0.15) is 31.7 Å². The lowest BCUT2D eigenvalue weighted by atomic mass is 9.88.